The van der Waals surface area contributed by atoms with Gasteiger partial charge in [0, 0.05) is 4.90 Å². The number of aromatic nitrogens is 1. The summed E-state index contributed by atoms with van der Waals surface area (Å²) >= 11 is 1.65. The van der Waals surface area contributed by atoms with E-state index in [4.69, 9.17) is 4.42 Å². The lowest BCUT2D eigenvalue weighted by Gasteiger charge is -2.11. The zero-order valence-electron chi connectivity index (χ0n) is 10.8. The first-order chi connectivity index (χ1) is 9.67. The van der Waals surface area contributed by atoms with Crippen LogP contribution in [0.5, 0.6) is 0 Å². The summed E-state index contributed by atoms with van der Waals surface area (Å²) in [6.07, 6.45) is 1.27. The van der Waals surface area contributed by atoms with E-state index in [1.807, 2.05) is 30.5 Å². The third kappa shape index (κ3) is 2.37. The van der Waals surface area contributed by atoms with Crippen molar-refractivity contribution < 1.29 is 9.52 Å². The summed E-state index contributed by atoms with van der Waals surface area (Å²) < 4.78 is 5.01. The Labute approximate surface area is 119 Å². The maximum absolute atomic E-state index is 11.1. The van der Waals surface area contributed by atoms with Gasteiger partial charge in [0.25, 0.3) is 0 Å². The molecule has 1 atom stereocenters. The Bertz CT molecular complexity index is 789. The van der Waals surface area contributed by atoms with Gasteiger partial charge >= 0.3 is 5.76 Å². The average molecular weight is 287 g/mol. The number of aliphatic hydroxyl groups is 1. The van der Waals surface area contributed by atoms with Crippen molar-refractivity contribution in [3.63, 3.8) is 0 Å². The van der Waals surface area contributed by atoms with E-state index in [2.05, 4.69) is 4.98 Å². The van der Waals surface area contributed by atoms with Gasteiger partial charge in [0.2, 0.25) is 0 Å². The van der Waals surface area contributed by atoms with Gasteiger partial charge in [-0.05, 0) is 41.6 Å². The quantitative estimate of drug-likeness (QED) is 0.727. The molecule has 1 unspecified atom stereocenters. The monoisotopic (exact) mass is 287 g/mol. The molecule has 0 amide bonds. The first-order valence-corrected chi connectivity index (χ1v) is 7.34. The molecule has 0 radical (unpaired) electrons. The highest BCUT2D eigenvalue weighted by Gasteiger charge is 2.12. The SMILES string of the molecule is CSc1ccc(C(O)c2ccc3[nH]c(=O)oc3c2)cc1. The van der Waals surface area contributed by atoms with Crippen molar-refractivity contribution >= 4 is 22.9 Å². The first kappa shape index (κ1) is 13.0. The number of benzene rings is 2. The summed E-state index contributed by atoms with van der Waals surface area (Å²) in [6, 6.07) is 12.9. The number of H-pyrrole nitrogens is 1. The van der Waals surface area contributed by atoms with Crippen LogP contribution in [-0.2, 0) is 0 Å². The third-order valence-corrected chi connectivity index (χ3v) is 3.94. The van der Waals surface area contributed by atoms with Crippen LogP contribution in [0.3, 0.4) is 0 Å². The molecule has 3 rings (SSSR count). The normalized spacial score (nSPS) is 12.7. The largest absolute Gasteiger partial charge is 0.417 e. The topological polar surface area (TPSA) is 66.2 Å². The predicted molar refractivity (Wildman–Crippen MR) is 79.1 cm³/mol. The fraction of sp³-hybridized carbons (Fsp3) is 0.133. The molecule has 20 heavy (non-hydrogen) atoms. The average Bonchev–Trinajstić information content (AvgIpc) is 2.85. The van der Waals surface area contributed by atoms with Gasteiger partial charge in [-0.3, -0.25) is 4.98 Å². The molecular formula is C15H13NO3S. The number of thioether (sulfide) groups is 1. The van der Waals surface area contributed by atoms with Crippen LogP contribution in [0, 0.1) is 0 Å². The number of hydrogen-bond acceptors (Lipinski definition) is 4. The number of nitrogens with one attached hydrogen (secondary N) is 1. The summed E-state index contributed by atoms with van der Waals surface area (Å²) in [7, 11) is 0. The molecule has 1 aromatic heterocycles. The van der Waals surface area contributed by atoms with Crippen LogP contribution in [0.1, 0.15) is 17.2 Å². The Morgan fingerprint density at radius 1 is 1.15 bits per heavy atom. The van der Waals surface area contributed by atoms with E-state index in [0.717, 1.165) is 10.5 Å². The molecule has 4 nitrogen and oxygen atoms in total. The van der Waals surface area contributed by atoms with Crippen molar-refractivity contribution in [3.05, 3.63) is 64.1 Å². The molecule has 1 heterocycles. The minimum absolute atomic E-state index is 0.451. The maximum atomic E-state index is 11.1. The second-order valence-corrected chi connectivity index (χ2v) is 5.33. The molecule has 0 bridgehead atoms. The van der Waals surface area contributed by atoms with Gasteiger partial charge in [0.05, 0.1) is 5.52 Å². The minimum Gasteiger partial charge on any atom is -0.408 e. The van der Waals surface area contributed by atoms with Crippen LogP contribution in [0.4, 0.5) is 0 Å². The molecule has 5 heteroatoms. The van der Waals surface area contributed by atoms with E-state index in [1.54, 1.807) is 30.0 Å². The third-order valence-electron chi connectivity index (χ3n) is 3.19. The van der Waals surface area contributed by atoms with Crippen LogP contribution in [-0.4, -0.2) is 16.3 Å². The van der Waals surface area contributed by atoms with Crippen molar-refractivity contribution in [1.29, 1.82) is 0 Å². The highest BCUT2D eigenvalue weighted by Crippen LogP contribution is 2.26. The van der Waals surface area contributed by atoms with E-state index >= 15 is 0 Å². The Morgan fingerprint density at radius 3 is 2.55 bits per heavy atom. The lowest BCUT2D eigenvalue weighted by atomic mass is 10.0. The molecule has 0 fully saturated rings. The van der Waals surface area contributed by atoms with Gasteiger partial charge in [-0.1, -0.05) is 18.2 Å². The maximum Gasteiger partial charge on any atom is 0.417 e. The summed E-state index contributed by atoms with van der Waals surface area (Å²) in [6.45, 7) is 0. The number of oxazole rings is 1. The van der Waals surface area contributed by atoms with Crippen LogP contribution in [0.2, 0.25) is 0 Å². The Hall–Kier alpha value is -1.98. The highest BCUT2D eigenvalue weighted by molar-refractivity contribution is 7.98. The standard InChI is InChI=1S/C15H13NO3S/c1-20-11-5-2-9(3-6-11)14(17)10-4-7-12-13(8-10)19-15(18)16-12/h2-8,14,17H,1H3,(H,16,18). The molecule has 0 aliphatic carbocycles. The van der Waals surface area contributed by atoms with Gasteiger partial charge in [-0.25, -0.2) is 4.79 Å². The second kappa shape index (κ2) is 5.19. The van der Waals surface area contributed by atoms with Crippen molar-refractivity contribution in [3.8, 4) is 0 Å². The van der Waals surface area contributed by atoms with Crippen molar-refractivity contribution in [1.82, 2.24) is 4.98 Å². The van der Waals surface area contributed by atoms with E-state index in [-0.39, 0.29) is 0 Å². The van der Waals surface area contributed by atoms with E-state index in [9.17, 15) is 9.90 Å². The molecule has 0 aliphatic rings. The number of aromatic amines is 1. The molecule has 0 spiro atoms. The lowest BCUT2D eigenvalue weighted by Crippen LogP contribution is -1.99. The van der Waals surface area contributed by atoms with Crippen molar-refractivity contribution in [2.45, 2.75) is 11.0 Å². The van der Waals surface area contributed by atoms with Crippen molar-refractivity contribution in [2.75, 3.05) is 6.26 Å². The van der Waals surface area contributed by atoms with Gasteiger partial charge in [-0.15, -0.1) is 11.8 Å². The van der Waals surface area contributed by atoms with E-state index < -0.39 is 11.9 Å². The zero-order valence-corrected chi connectivity index (χ0v) is 11.6. The molecule has 2 N–H and O–H groups in total. The molecule has 3 aromatic rings. The fourth-order valence-corrected chi connectivity index (χ4v) is 2.52. The second-order valence-electron chi connectivity index (χ2n) is 4.45. The predicted octanol–water partition coefficient (Wildman–Crippen LogP) is 2.92. The Morgan fingerprint density at radius 2 is 1.85 bits per heavy atom. The summed E-state index contributed by atoms with van der Waals surface area (Å²) in [5.41, 5.74) is 2.58. The van der Waals surface area contributed by atoms with Gasteiger partial charge in [0.15, 0.2) is 5.58 Å². The first-order valence-electron chi connectivity index (χ1n) is 6.12. The van der Waals surface area contributed by atoms with Gasteiger partial charge < -0.3 is 9.52 Å². The minimum atomic E-state index is -0.740. The van der Waals surface area contributed by atoms with E-state index in [0.29, 0.717) is 16.7 Å². The molecule has 2 aromatic carbocycles. The Kier molecular flexibility index (Phi) is 3.38. The summed E-state index contributed by atoms with van der Waals surface area (Å²) in [4.78, 5) is 14.8. The number of rotatable bonds is 3. The summed E-state index contributed by atoms with van der Waals surface area (Å²) in [5.74, 6) is -0.490. The summed E-state index contributed by atoms with van der Waals surface area (Å²) in [5, 5.41) is 10.4. The lowest BCUT2D eigenvalue weighted by molar-refractivity contribution is 0.220. The smallest absolute Gasteiger partial charge is 0.408 e. The Balaban J connectivity index is 1.97. The van der Waals surface area contributed by atoms with Crippen LogP contribution in [0.15, 0.2) is 56.6 Å². The zero-order chi connectivity index (χ0) is 14.1. The van der Waals surface area contributed by atoms with Gasteiger partial charge in [0.1, 0.15) is 6.10 Å². The van der Waals surface area contributed by atoms with Crippen LogP contribution >= 0.6 is 11.8 Å². The highest BCUT2D eigenvalue weighted by atomic mass is 32.2. The number of fused-ring (bicyclic) bond motifs is 1. The van der Waals surface area contributed by atoms with E-state index in [1.165, 1.54) is 0 Å². The van der Waals surface area contributed by atoms with Crippen LogP contribution in [0.25, 0.3) is 11.1 Å². The molecule has 102 valence electrons. The molecule has 0 saturated carbocycles. The molecule has 0 saturated heterocycles. The van der Waals surface area contributed by atoms with Crippen molar-refractivity contribution in [2.24, 2.45) is 0 Å². The van der Waals surface area contributed by atoms with Crippen LogP contribution < -0.4 is 5.76 Å². The number of aliphatic hydroxyl groups excluding tert-OH is 1. The van der Waals surface area contributed by atoms with Gasteiger partial charge in [-0.2, -0.15) is 0 Å². The number of hydrogen-bond donors (Lipinski definition) is 2. The molecule has 0 aliphatic heterocycles. The molecular weight excluding hydrogens is 274 g/mol. The fourth-order valence-electron chi connectivity index (χ4n) is 2.11.